The lowest BCUT2D eigenvalue weighted by atomic mass is 9.91. The van der Waals surface area contributed by atoms with Crippen LogP contribution in [0.5, 0.6) is 0 Å². The van der Waals surface area contributed by atoms with Crippen molar-refractivity contribution in [3.63, 3.8) is 0 Å². The number of carbonyl (C=O) groups excluding carboxylic acids is 1. The molecule has 0 radical (unpaired) electrons. The van der Waals surface area contributed by atoms with Crippen LogP contribution in [-0.4, -0.2) is 43.2 Å². The van der Waals surface area contributed by atoms with Gasteiger partial charge in [-0.15, -0.1) is 0 Å². The summed E-state index contributed by atoms with van der Waals surface area (Å²) in [5.41, 5.74) is 2.15. The number of amides is 1. The Kier molecular flexibility index (Phi) is 4.57. The average molecular weight is 304 g/mol. The molecular formula is C16H24N4O2. The van der Waals surface area contributed by atoms with E-state index in [1.165, 1.54) is 0 Å². The number of aromatic nitrogens is 2. The van der Waals surface area contributed by atoms with Gasteiger partial charge in [0.05, 0.1) is 11.7 Å². The average Bonchev–Trinajstić information content (AvgIpc) is 2.55. The summed E-state index contributed by atoms with van der Waals surface area (Å²) in [5.74, 6) is 0.967. The van der Waals surface area contributed by atoms with Crippen LogP contribution in [0.2, 0.25) is 0 Å². The molecule has 0 saturated carbocycles. The van der Waals surface area contributed by atoms with Gasteiger partial charge in [0.1, 0.15) is 0 Å². The summed E-state index contributed by atoms with van der Waals surface area (Å²) < 4.78 is 5.33. The van der Waals surface area contributed by atoms with Crippen molar-refractivity contribution in [3.05, 3.63) is 17.5 Å². The predicted octanol–water partition coefficient (Wildman–Crippen LogP) is 1.46. The van der Waals surface area contributed by atoms with E-state index in [1.807, 2.05) is 25.2 Å². The van der Waals surface area contributed by atoms with Crippen molar-refractivity contribution in [3.8, 4) is 0 Å². The van der Waals surface area contributed by atoms with Gasteiger partial charge >= 0.3 is 0 Å². The summed E-state index contributed by atoms with van der Waals surface area (Å²) >= 11 is 0. The number of fused-ring (bicyclic) bond motifs is 1. The minimum absolute atomic E-state index is 0.0512. The Morgan fingerprint density at radius 2 is 2.09 bits per heavy atom. The van der Waals surface area contributed by atoms with Gasteiger partial charge < -0.3 is 15.0 Å². The lowest BCUT2D eigenvalue weighted by molar-refractivity contribution is -0.128. The van der Waals surface area contributed by atoms with E-state index in [1.54, 1.807) is 0 Å². The standard InChI is InChI=1S/C16H24N4O2/c1-20(2)16-17-10-12-13(4-3-5-14(12)19-16)18-15(21)11-6-8-22-9-7-11/h10-11,13H,3-9H2,1-2H3,(H,18,21). The monoisotopic (exact) mass is 304 g/mol. The predicted molar refractivity (Wildman–Crippen MR) is 83.7 cm³/mol. The van der Waals surface area contributed by atoms with Crippen molar-refractivity contribution in [2.24, 2.45) is 5.92 Å². The van der Waals surface area contributed by atoms with Gasteiger partial charge in [-0.2, -0.15) is 0 Å². The van der Waals surface area contributed by atoms with Gasteiger partial charge in [-0.05, 0) is 32.1 Å². The van der Waals surface area contributed by atoms with Crippen LogP contribution in [0.25, 0.3) is 0 Å². The number of rotatable bonds is 3. The smallest absolute Gasteiger partial charge is 0.225 e. The lowest BCUT2D eigenvalue weighted by Crippen LogP contribution is -2.38. The zero-order valence-electron chi connectivity index (χ0n) is 13.3. The first-order chi connectivity index (χ1) is 10.6. The molecule has 1 aromatic heterocycles. The van der Waals surface area contributed by atoms with Crippen LogP contribution in [0.15, 0.2) is 6.20 Å². The Morgan fingerprint density at radius 1 is 1.32 bits per heavy atom. The van der Waals surface area contributed by atoms with E-state index in [4.69, 9.17) is 4.74 Å². The molecule has 1 unspecified atom stereocenters. The summed E-state index contributed by atoms with van der Waals surface area (Å²) in [7, 11) is 3.88. The molecule has 120 valence electrons. The van der Waals surface area contributed by atoms with E-state index in [-0.39, 0.29) is 17.9 Å². The van der Waals surface area contributed by atoms with Crippen molar-refractivity contribution in [1.82, 2.24) is 15.3 Å². The molecule has 1 saturated heterocycles. The second kappa shape index (κ2) is 6.60. The first-order valence-electron chi connectivity index (χ1n) is 8.06. The third-order valence-electron chi connectivity index (χ3n) is 4.48. The minimum Gasteiger partial charge on any atom is -0.381 e. The first kappa shape index (κ1) is 15.2. The highest BCUT2D eigenvalue weighted by Crippen LogP contribution is 2.29. The Morgan fingerprint density at radius 3 is 2.82 bits per heavy atom. The summed E-state index contributed by atoms with van der Waals surface area (Å²) in [5, 5.41) is 3.21. The molecular weight excluding hydrogens is 280 g/mol. The van der Waals surface area contributed by atoms with Crippen LogP contribution in [0, 0.1) is 5.92 Å². The van der Waals surface area contributed by atoms with Crippen LogP contribution in [0.1, 0.15) is 43.0 Å². The van der Waals surface area contributed by atoms with Crippen molar-refractivity contribution < 1.29 is 9.53 Å². The second-order valence-electron chi connectivity index (χ2n) is 6.31. The fraction of sp³-hybridized carbons (Fsp3) is 0.688. The summed E-state index contributed by atoms with van der Waals surface area (Å²) in [4.78, 5) is 23.4. The zero-order chi connectivity index (χ0) is 15.5. The van der Waals surface area contributed by atoms with Crippen molar-refractivity contribution in [2.75, 3.05) is 32.2 Å². The van der Waals surface area contributed by atoms with Crippen LogP contribution in [0.3, 0.4) is 0 Å². The normalized spacial score (nSPS) is 22.0. The molecule has 0 bridgehead atoms. The molecule has 6 nitrogen and oxygen atoms in total. The first-order valence-corrected chi connectivity index (χ1v) is 8.06. The van der Waals surface area contributed by atoms with Gasteiger partial charge in [0.25, 0.3) is 0 Å². The molecule has 1 aliphatic carbocycles. The molecule has 3 rings (SSSR count). The minimum atomic E-state index is 0.0512. The van der Waals surface area contributed by atoms with Crippen molar-refractivity contribution in [2.45, 2.75) is 38.1 Å². The summed E-state index contributed by atoms with van der Waals surface area (Å²) in [6.45, 7) is 1.38. The van der Waals surface area contributed by atoms with E-state index in [2.05, 4.69) is 15.3 Å². The lowest BCUT2D eigenvalue weighted by Gasteiger charge is -2.29. The Labute approximate surface area is 131 Å². The fourth-order valence-corrected chi connectivity index (χ4v) is 3.15. The van der Waals surface area contributed by atoms with Gasteiger partial charge in [-0.1, -0.05) is 0 Å². The molecule has 0 aromatic carbocycles. The number of ether oxygens (including phenoxy) is 1. The number of aryl methyl sites for hydroxylation is 1. The highest BCUT2D eigenvalue weighted by Gasteiger charge is 2.28. The molecule has 1 amide bonds. The number of hydrogen-bond donors (Lipinski definition) is 1. The van der Waals surface area contributed by atoms with Gasteiger partial charge in [0.15, 0.2) is 0 Å². The Balaban J connectivity index is 1.72. The van der Waals surface area contributed by atoms with E-state index in [9.17, 15) is 4.79 Å². The second-order valence-corrected chi connectivity index (χ2v) is 6.31. The largest absolute Gasteiger partial charge is 0.381 e. The van der Waals surface area contributed by atoms with E-state index < -0.39 is 0 Å². The fourth-order valence-electron chi connectivity index (χ4n) is 3.15. The number of nitrogens with zero attached hydrogens (tertiary/aromatic N) is 3. The van der Waals surface area contributed by atoms with Gasteiger partial charge in [0, 0.05) is 45.0 Å². The highest BCUT2D eigenvalue weighted by atomic mass is 16.5. The Bertz CT molecular complexity index is 541. The number of nitrogens with one attached hydrogen (secondary N) is 1. The van der Waals surface area contributed by atoms with Gasteiger partial charge in [-0.25, -0.2) is 9.97 Å². The topological polar surface area (TPSA) is 67.4 Å². The van der Waals surface area contributed by atoms with Crippen LogP contribution < -0.4 is 10.2 Å². The van der Waals surface area contributed by atoms with Crippen molar-refractivity contribution >= 4 is 11.9 Å². The van der Waals surface area contributed by atoms with E-state index >= 15 is 0 Å². The maximum Gasteiger partial charge on any atom is 0.225 e. The number of hydrogen-bond acceptors (Lipinski definition) is 5. The van der Waals surface area contributed by atoms with Gasteiger partial charge in [-0.3, -0.25) is 4.79 Å². The van der Waals surface area contributed by atoms with Crippen LogP contribution in [0.4, 0.5) is 5.95 Å². The third kappa shape index (κ3) is 3.21. The van der Waals surface area contributed by atoms with E-state index in [0.29, 0.717) is 13.2 Å². The number of anilines is 1. The SMILES string of the molecule is CN(C)c1ncc2c(n1)CCCC2NC(=O)C1CCOCC1. The highest BCUT2D eigenvalue weighted by molar-refractivity contribution is 5.79. The van der Waals surface area contributed by atoms with E-state index in [0.717, 1.165) is 49.3 Å². The van der Waals surface area contributed by atoms with Crippen LogP contribution in [-0.2, 0) is 16.0 Å². The molecule has 1 N–H and O–H groups in total. The van der Waals surface area contributed by atoms with Gasteiger partial charge in [0.2, 0.25) is 11.9 Å². The molecule has 2 heterocycles. The molecule has 22 heavy (non-hydrogen) atoms. The molecule has 0 spiro atoms. The Hall–Kier alpha value is -1.69. The maximum atomic E-state index is 12.4. The van der Waals surface area contributed by atoms with Crippen molar-refractivity contribution in [1.29, 1.82) is 0 Å². The van der Waals surface area contributed by atoms with Crippen LogP contribution >= 0.6 is 0 Å². The molecule has 1 aromatic rings. The summed E-state index contributed by atoms with van der Waals surface area (Å²) in [6.07, 6.45) is 6.50. The zero-order valence-corrected chi connectivity index (χ0v) is 13.3. The molecule has 1 fully saturated rings. The number of carbonyl (C=O) groups is 1. The molecule has 2 aliphatic rings. The molecule has 1 atom stereocenters. The third-order valence-corrected chi connectivity index (χ3v) is 4.48. The quantitative estimate of drug-likeness (QED) is 0.916. The molecule has 6 heteroatoms. The maximum absolute atomic E-state index is 12.4. The molecule has 1 aliphatic heterocycles. The summed E-state index contributed by atoms with van der Waals surface area (Å²) in [6, 6.07) is 0.0512.